The van der Waals surface area contributed by atoms with Crippen molar-refractivity contribution in [1.29, 1.82) is 0 Å². The smallest absolute Gasteiger partial charge is 0.0591 e. The lowest BCUT2D eigenvalue weighted by atomic mass is 9.60. The third-order valence-corrected chi connectivity index (χ3v) is 8.30. The Bertz CT molecular complexity index is 636. The van der Waals surface area contributed by atoms with Crippen molar-refractivity contribution in [3.8, 4) is 0 Å². The van der Waals surface area contributed by atoms with Crippen LogP contribution in [0.1, 0.15) is 119 Å². The highest BCUT2D eigenvalue weighted by Crippen LogP contribution is 2.60. The predicted octanol–water partition coefficient (Wildman–Crippen LogP) is 9.05. The van der Waals surface area contributed by atoms with Gasteiger partial charge in [0, 0.05) is 14.2 Å². The fourth-order valence-corrected chi connectivity index (χ4v) is 6.67. The summed E-state index contributed by atoms with van der Waals surface area (Å²) in [5.74, 6) is 2.41. The molecule has 0 heterocycles. The number of aliphatic hydroxyl groups is 1. The van der Waals surface area contributed by atoms with Gasteiger partial charge >= 0.3 is 0 Å². The molecule has 0 aromatic rings. The largest absolute Gasteiger partial charge is 0.390 e. The van der Waals surface area contributed by atoms with E-state index in [1.165, 1.54) is 75.4 Å². The molecule has 0 bridgehead atoms. The lowest BCUT2D eigenvalue weighted by Crippen LogP contribution is -2.36. The van der Waals surface area contributed by atoms with Crippen molar-refractivity contribution in [2.24, 2.45) is 23.2 Å². The fourth-order valence-electron chi connectivity index (χ4n) is 6.67. The highest BCUT2D eigenvalue weighted by atomic mass is 16.4. The van der Waals surface area contributed by atoms with Crippen LogP contribution in [0.2, 0.25) is 0 Å². The van der Waals surface area contributed by atoms with Crippen LogP contribution < -0.4 is 0 Å². The number of rotatable bonds is 6. The lowest BCUT2D eigenvalue weighted by molar-refractivity contribution is 0.0597. The molecule has 0 aromatic heterocycles. The SMILES string of the molecule is C=C1CCCC/C1=C/C=C1\CCCC2(C)C1CCC2[C@H](C)CCCC(C)(C)O.CC.COC. The van der Waals surface area contributed by atoms with E-state index in [-0.39, 0.29) is 0 Å². The van der Waals surface area contributed by atoms with E-state index in [0.717, 1.165) is 30.6 Å². The van der Waals surface area contributed by atoms with Crippen molar-refractivity contribution in [1.82, 2.24) is 0 Å². The van der Waals surface area contributed by atoms with E-state index in [1.807, 2.05) is 27.7 Å². The summed E-state index contributed by atoms with van der Waals surface area (Å²) < 4.78 is 4.25. The molecule has 0 saturated heterocycles. The Morgan fingerprint density at radius 2 is 1.73 bits per heavy atom. The molecule has 2 nitrogen and oxygen atoms in total. The molecule has 0 amide bonds. The minimum absolute atomic E-state index is 0.486. The Kier molecular flexibility index (Phi) is 13.3. The molecule has 2 heteroatoms. The molecule has 3 rings (SSSR count). The summed E-state index contributed by atoms with van der Waals surface area (Å²) in [6.07, 6.45) is 20.2. The van der Waals surface area contributed by atoms with Gasteiger partial charge in [0.25, 0.3) is 0 Å². The highest BCUT2D eigenvalue weighted by molar-refractivity contribution is 5.35. The average Bonchev–Trinajstić information content (AvgIpc) is 3.12. The third kappa shape index (κ3) is 9.02. The fraction of sp³-hybridized carbons (Fsp3) is 0.806. The molecule has 3 unspecified atom stereocenters. The van der Waals surface area contributed by atoms with E-state index in [0.29, 0.717) is 5.41 Å². The van der Waals surface area contributed by atoms with Crippen LogP contribution in [0.5, 0.6) is 0 Å². The summed E-state index contributed by atoms with van der Waals surface area (Å²) in [4.78, 5) is 0. The zero-order valence-electron chi connectivity index (χ0n) is 23.4. The molecule has 1 N–H and O–H groups in total. The van der Waals surface area contributed by atoms with Gasteiger partial charge in [-0.1, -0.05) is 70.4 Å². The van der Waals surface area contributed by atoms with E-state index < -0.39 is 5.60 Å². The van der Waals surface area contributed by atoms with Crippen LogP contribution in [0.4, 0.5) is 0 Å². The minimum Gasteiger partial charge on any atom is -0.390 e. The zero-order valence-corrected chi connectivity index (χ0v) is 23.4. The van der Waals surface area contributed by atoms with Gasteiger partial charge in [-0.3, -0.25) is 0 Å². The monoisotopic (exact) mass is 460 g/mol. The van der Waals surface area contributed by atoms with Gasteiger partial charge in [0.2, 0.25) is 0 Å². The second kappa shape index (κ2) is 14.5. The van der Waals surface area contributed by atoms with Crippen molar-refractivity contribution in [3.05, 3.63) is 35.5 Å². The zero-order chi connectivity index (χ0) is 25.1. The van der Waals surface area contributed by atoms with Gasteiger partial charge in [-0.05, 0) is 107 Å². The van der Waals surface area contributed by atoms with Gasteiger partial charge in [0.15, 0.2) is 0 Å². The second-order valence-electron chi connectivity index (χ2n) is 11.4. The van der Waals surface area contributed by atoms with Crippen LogP contribution in [-0.4, -0.2) is 24.9 Å². The maximum absolute atomic E-state index is 10.0. The highest BCUT2D eigenvalue weighted by Gasteiger charge is 2.50. The normalized spacial score (nSPS) is 30.8. The lowest BCUT2D eigenvalue weighted by Gasteiger charge is -2.44. The van der Waals surface area contributed by atoms with E-state index in [1.54, 1.807) is 19.8 Å². The van der Waals surface area contributed by atoms with Gasteiger partial charge in [0.1, 0.15) is 0 Å². The molecule has 33 heavy (non-hydrogen) atoms. The molecule has 3 aliphatic carbocycles. The van der Waals surface area contributed by atoms with Crippen LogP contribution in [0, 0.1) is 23.2 Å². The number of hydrogen-bond donors (Lipinski definition) is 1. The van der Waals surface area contributed by atoms with E-state index in [9.17, 15) is 5.11 Å². The standard InChI is InChI=1S/C27H44O.C2H6O.C2H6/c1-20-10-6-7-12-22(20)14-15-23-13-9-19-27(5)24(16-17-25(23)27)21(2)11-8-18-26(3,4)28;1-3-2;1-2/h14-15,21,24-25,28H,1,6-13,16-19H2,2-5H3;1-2H3;1-2H3/b22-14-,23-15+;;/t21-,24?,25?,27?;;/m1../s1. The molecule has 0 aliphatic heterocycles. The van der Waals surface area contributed by atoms with Gasteiger partial charge in [-0.2, -0.15) is 0 Å². The first-order valence-electron chi connectivity index (χ1n) is 13.8. The van der Waals surface area contributed by atoms with E-state index in [2.05, 4.69) is 37.3 Å². The van der Waals surface area contributed by atoms with Crippen molar-refractivity contribution in [3.63, 3.8) is 0 Å². The van der Waals surface area contributed by atoms with Gasteiger partial charge < -0.3 is 9.84 Å². The van der Waals surface area contributed by atoms with Gasteiger partial charge in [-0.15, -0.1) is 0 Å². The first-order chi connectivity index (χ1) is 15.6. The van der Waals surface area contributed by atoms with Gasteiger partial charge in [-0.25, -0.2) is 0 Å². The van der Waals surface area contributed by atoms with E-state index in [4.69, 9.17) is 0 Å². The Morgan fingerprint density at radius 1 is 1.09 bits per heavy atom. The van der Waals surface area contributed by atoms with E-state index >= 15 is 0 Å². The molecular formula is C31H56O2. The maximum atomic E-state index is 10.0. The molecule has 0 radical (unpaired) electrons. The molecule has 3 aliphatic rings. The summed E-state index contributed by atoms with van der Waals surface area (Å²) in [6.45, 7) is 17.3. The second-order valence-corrected chi connectivity index (χ2v) is 11.4. The van der Waals surface area contributed by atoms with Crippen LogP contribution in [0.15, 0.2) is 35.5 Å². The maximum Gasteiger partial charge on any atom is 0.0591 e. The first-order valence-corrected chi connectivity index (χ1v) is 13.8. The Morgan fingerprint density at radius 3 is 2.33 bits per heavy atom. The Balaban J connectivity index is 0.00000101. The van der Waals surface area contributed by atoms with Crippen LogP contribution >= 0.6 is 0 Å². The summed E-state index contributed by atoms with van der Waals surface area (Å²) >= 11 is 0. The molecule has 4 atom stereocenters. The van der Waals surface area contributed by atoms with Crippen molar-refractivity contribution >= 4 is 0 Å². The number of ether oxygens (including phenoxy) is 1. The molecule has 3 saturated carbocycles. The van der Waals surface area contributed by atoms with Crippen molar-refractivity contribution < 1.29 is 9.84 Å². The van der Waals surface area contributed by atoms with Crippen LogP contribution in [0.3, 0.4) is 0 Å². The molecular weight excluding hydrogens is 404 g/mol. The minimum atomic E-state index is -0.515. The molecule has 3 fully saturated rings. The molecule has 0 spiro atoms. The number of fused-ring (bicyclic) bond motifs is 1. The van der Waals surface area contributed by atoms with Crippen molar-refractivity contribution in [2.75, 3.05) is 14.2 Å². The summed E-state index contributed by atoms with van der Waals surface area (Å²) in [5, 5.41) is 10.0. The number of hydrogen-bond acceptors (Lipinski definition) is 2. The Hall–Kier alpha value is -0.860. The summed E-state index contributed by atoms with van der Waals surface area (Å²) in [5.41, 5.74) is 4.59. The average molecular weight is 461 g/mol. The quantitative estimate of drug-likeness (QED) is 0.428. The third-order valence-electron chi connectivity index (χ3n) is 8.30. The van der Waals surface area contributed by atoms with Gasteiger partial charge in [0.05, 0.1) is 5.60 Å². The van der Waals surface area contributed by atoms with Crippen LogP contribution in [-0.2, 0) is 4.74 Å². The summed E-state index contributed by atoms with van der Waals surface area (Å²) in [6, 6.07) is 0. The molecule has 0 aromatic carbocycles. The topological polar surface area (TPSA) is 29.5 Å². The molecule has 192 valence electrons. The predicted molar refractivity (Wildman–Crippen MR) is 146 cm³/mol. The van der Waals surface area contributed by atoms with Crippen LogP contribution in [0.25, 0.3) is 0 Å². The summed E-state index contributed by atoms with van der Waals surface area (Å²) in [7, 11) is 3.25. The Labute approximate surface area is 207 Å². The number of methoxy groups -OCH3 is 1. The van der Waals surface area contributed by atoms with Crippen molar-refractivity contribution in [2.45, 2.75) is 124 Å². The first kappa shape index (κ1) is 30.2. The number of allylic oxidation sites excluding steroid dienone is 5.